The Bertz CT molecular complexity index is 191. The first-order valence-electron chi connectivity index (χ1n) is 4.99. The number of hydrogen-bond acceptors (Lipinski definition) is 2. The van der Waals surface area contributed by atoms with E-state index in [2.05, 4.69) is 24.2 Å². The van der Waals surface area contributed by atoms with Crippen LogP contribution < -0.4 is 5.32 Å². The smallest absolute Gasteiger partial charge is 0.222 e. The topological polar surface area (TPSA) is 32.3 Å². The van der Waals surface area contributed by atoms with Gasteiger partial charge in [0.25, 0.3) is 0 Å². The van der Waals surface area contributed by atoms with Crippen LogP contribution in [0.5, 0.6) is 0 Å². The minimum atomic E-state index is 0.0955. The minimum absolute atomic E-state index is 0.0955. The summed E-state index contributed by atoms with van der Waals surface area (Å²) in [5.74, 6) is 0.845. The summed E-state index contributed by atoms with van der Waals surface area (Å²) in [5, 5.41) is 3.08. The lowest BCUT2D eigenvalue weighted by atomic mass is 10.1. The molecule has 3 heteroatoms. The Morgan fingerprint density at radius 3 is 2.46 bits per heavy atom. The number of carbonyl (C=O) groups excluding carboxylic acids is 1. The number of rotatable bonds is 2. The molecule has 0 spiro atoms. The first-order valence-corrected chi connectivity index (χ1v) is 4.99. The summed E-state index contributed by atoms with van der Waals surface area (Å²) in [7, 11) is 2.10. The number of nitrogens with one attached hydrogen (secondary N) is 1. The monoisotopic (exact) mass is 184 g/mol. The molecule has 0 aromatic carbocycles. The van der Waals surface area contributed by atoms with Crippen molar-refractivity contribution in [3.8, 4) is 0 Å². The molecule has 1 amide bonds. The van der Waals surface area contributed by atoms with Gasteiger partial charge in [0.1, 0.15) is 0 Å². The van der Waals surface area contributed by atoms with Crippen molar-refractivity contribution in [3.63, 3.8) is 0 Å². The van der Waals surface area contributed by atoms with Crippen molar-refractivity contribution in [2.75, 3.05) is 20.1 Å². The molecule has 0 radical (unpaired) electrons. The second kappa shape index (κ2) is 4.09. The zero-order chi connectivity index (χ0) is 10.0. The third kappa shape index (κ3) is 2.69. The molecule has 2 unspecified atom stereocenters. The largest absolute Gasteiger partial charge is 0.352 e. The molecule has 13 heavy (non-hydrogen) atoms. The van der Waals surface area contributed by atoms with E-state index < -0.39 is 0 Å². The van der Waals surface area contributed by atoms with Gasteiger partial charge in [-0.25, -0.2) is 0 Å². The fourth-order valence-electron chi connectivity index (χ4n) is 1.75. The molecule has 1 aliphatic heterocycles. The predicted octanol–water partition coefficient (Wildman–Crippen LogP) is 0.709. The van der Waals surface area contributed by atoms with Gasteiger partial charge in [-0.15, -0.1) is 0 Å². The van der Waals surface area contributed by atoms with Gasteiger partial charge in [0.15, 0.2) is 0 Å². The standard InChI is InChI=1S/C10H20N2O/c1-7(2)10(13)11-9-6-12(4)5-8(9)3/h7-9H,5-6H2,1-4H3,(H,11,13). The molecular weight excluding hydrogens is 164 g/mol. The summed E-state index contributed by atoms with van der Waals surface area (Å²) in [5.41, 5.74) is 0. The van der Waals surface area contributed by atoms with E-state index in [9.17, 15) is 4.79 Å². The lowest BCUT2D eigenvalue weighted by molar-refractivity contribution is -0.124. The maximum atomic E-state index is 11.4. The Balaban J connectivity index is 2.41. The van der Waals surface area contributed by atoms with Crippen molar-refractivity contribution >= 4 is 5.91 Å². The van der Waals surface area contributed by atoms with Crippen molar-refractivity contribution in [1.82, 2.24) is 10.2 Å². The van der Waals surface area contributed by atoms with Crippen LogP contribution in [0.15, 0.2) is 0 Å². The van der Waals surface area contributed by atoms with Crippen LogP contribution in [0.4, 0.5) is 0 Å². The van der Waals surface area contributed by atoms with Gasteiger partial charge >= 0.3 is 0 Å². The highest BCUT2D eigenvalue weighted by molar-refractivity contribution is 5.78. The molecule has 2 atom stereocenters. The maximum Gasteiger partial charge on any atom is 0.222 e. The Kier molecular flexibility index (Phi) is 3.31. The van der Waals surface area contributed by atoms with Gasteiger partial charge in [-0.1, -0.05) is 20.8 Å². The minimum Gasteiger partial charge on any atom is -0.352 e. The molecule has 1 rings (SSSR count). The van der Waals surface area contributed by atoms with E-state index in [1.54, 1.807) is 0 Å². The third-order valence-corrected chi connectivity index (χ3v) is 2.65. The highest BCUT2D eigenvalue weighted by Crippen LogP contribution is 2.14. The normalized spacial score (nSPS) is 29.6. The molecule has 0 bridgehead atoms. The molecule has 3 nitrogen and oxygen atoms in total. The van der Waals surface area contributed by atoms with E-state index in [1.165, 1.54) is 0 Å². The van der Waals surface area contributed by atoms with E-state index in [0.717, 1.165) is 13.1 Å². The zero-order valence-electron chi connectivity index (χ0n) is 9.00. The number of likely N-dealkylation sites (tertiary alicyclic amines) is 1. The Morgan fingerprint density at radius 1 is 1.46 bits per heavy atom. The fourth-order valence-corrected chi connectivity index (χ4v) is 1.75. The van der Waals surface area contributed by atoms with Gasteiger partial charge in [0.05, 0.1) is 0 Å². The van der Waals surface area contributed by atoms with Crippen LogP contribution in [-0.4, -0.2) is 37.0 Å². The lowest BCUT2D eigenvalue weighted by Crippen LogP contribution is -2.41. The number of hydrogen-bond donors (Lipinski definition) is 1. The van der Waals surface area contributed by atoms with Gasteiger partial charge in [0.2, 0.25) is 5.91 Å². The number of nitrogens with zero attached hydrogens (tertiary/aromatic N) is 1. The van der Waals surface area contributed by atoms with E-state index in [-0.39, 0.29) is 11.8 Å². The van der Waals surface area contributed by atoms with Crippen LogP contribution in [-0.2, 0) is 4.79 Å². The van der Waals surface area contributed by atoms with Gasteiger partial charge < -0.3 is 10.2 Å². The van der Waals surface area contributed by atoms with Gasteiger partial charge in [-0.3, -0.25) is 4.79 Å². The Hall–Kier alpha value is -0.570. The van der Waals surface area contributed by atoms with Crippen molar-refractivity contribution in [1.29, 1.82) is 0 Å². The Labute approximate surface area is 80.5 Å². The average Bonchev–Trinajstić information content (AvgIpc) is 2.30. The van der Waals surface area contributed by atoms with Crippen molar-refractivity contribution in [2.24, 2.45) is 11.8 Å². The van der Waals surface area contributed by atoms with Crippen LogP contribution in [0, 0.1) is 11.8 Å². The number of amides is 1. The van der Waals surface area contributed by atoms with Gasteiger partial charge in [0, 0.05) is 25.0 Å². The summed E-state index contributed by atoms with van der Waals surface area (Å²) in [6.07, 6.45) is 0. The number of likely N-dealkylation sites (N-methyl/N-ethyl adjacent to an activating group) is 1. The molecule has 1 N–H and O–H groups in total. The van der Waals surface area contributed by atoms with E-state index in [4.69, 9.17) is 0 Å². The molecule has 1 fully saturated rings. The first kappa shape index (κ1) is 10.5. The summed E-state index contributed by atoms with van der Waals surface area (Å²) in [6.45, 7) is 8.12. The molecule has 0 aliphatic carbocycles. The molecule has 0 aromatic heterocycles. The molecular formula is C10H20N2O. The summed E-state index contributed by atoms with van der Waals surface area (Å²) in [6, 6.07) is 0.347. The highest BCUT2D eigenvalue weighted by Gasteiger charge is 2.28. The van der Waals surface area contributed by atoms with Gasteiger partial charge in [-0.05, 0) is 13.0 Å². The first-order chi connectivity index (χ1) is 6.00. The van der Waals surface area contributed by atoms with Crippen molar-refractivity contribution in [2.45, 2.75) is 26.8 Å². The molecule has 0 saturated carbocycles. The molecule has 0 aromatic rings. The van der Waals surface area contributed by atoms with E-state index in [0.29, 0.717) is 12.0 Å². The maximum absolute atomic E-state index is 11.4. The number of carbonyl (C=O) groups is 1. The average molecular weight is 184 g/mol. The summed E-state index contributed by atoms with van der Waals surface area (Å²) in [4.78, 5) is 13.7. The van der Waals surface area contributed by atoms with Crippen LogP contribution in [0.3, 0.4) is 0 Å². The van der Waals surface area contributed by atoms with E-state index >= 15 is 0 Å². The lowest BCUT2D eigenvalue weighted by Gasteiger charge is -2.17. The SMILES string of the molecule is CC(C)C(=O)NC1CN(C)CC1C. The highest BCUT2D eigenvalue weighted by atomic mass is 16.1. The second-order valence-electron chi connectivity index (χ2n) is 4.47. The fraction of sp³-hybridized carbons (Fsp3) is 0.900. The van der Waals surface area contributed by atoms with Gasteiger partial charge in [-0.2, -0.15) is 0 Å². The Morgan fingerprint density at radius 2 is 2.08 bits per heavy atom. The van der Waals surface area contributed by atoms with Crippen molar-refractivity contribution in [3.05, 3.63) is 0 Å². The zero-order valence-corrected chi connectivity index (χ0v) is 9.00. The predicted molar refractivity (Wildman–Crippen MR) is 53.4 cm³/mol. The molecule has 1 heterocycles. The third-order valence-electron chi connectivity index (χ3n) is 2.65. The molecule has 1 aliphatic rings. The van der Waals surface area contributed by atoms with Crippen LogP contribution >= 0.6 is 0 Å². The van der Waals surface area contributed by atoms with Crippen molar-refractivity contribution < 1.29 is 4.79 Å². The van der Waals surface area contributed by atoms with Crippen LogP contribution in [0.25, 0.3) is 0 Å². The summed E-state index contributed by atoms with van der Waals surface area (Å²) >= 11 is 0. The van der Waals surface area contributed by atoms with Crippen LogP contribution in [0.1, 0.15) is 20.8 Å². The molecule has 76 valence electrons. The van der Waals surface area contributed by atoms with E-state index in [1.807, 2.05) is 13.8 Å². The summed E-state index contributed by atoms with van der Waals surface area (Å²) < 4.78 is 0. The van der Waals surface area contributed by atoms with Crippen LogP contribution in [0.2, 0.25) is 0 Å². The molecule has 1 saturated heterocycles. The second-order valence-corrected chi connectivity index (χ2v) is 4.47. The quantitative estimate of drug-likeness (QED) is 0.685.